The summed E-state index contributed by atoms with van der Waals surface area (Å²) in [5, 5.41) is 5.50. The molecule has 0 aliphatic carbocycles. The zero-order valence-corrected chi connectivity index (χ0v) is 18.9. The topological polar surface area (TPSA) is 87.7 Å². The van der Waals surface area contributed by atoms with E-state index in [-0.39, 0.29) is 24.3 Å². The molecule has 10 heteroatoms. The minimum absolute atomic E-state index is 0.0499. The predicted octanol–water partition coefficient (Wildman–Crippen LogP) is 3.67. The molecule has 0 atom stereocenters. The Labute approximate surface area is 185 Å². The van der Waals surface area contributed by atoms with E-state index in [1.165, 1.54) is 0 Å². The lowest BCUT2D eigenvalue weighted by atomic mass is 10.0. The number of anilines is 2. The Kier molecular flexibility index (Phi) is 6.62. The molecule has 7 nitrogen and oxygen atoms in total. The van der Waals surface area contributed by atoms with Crippen LogP contribution in [-0.2, 0) is 14.3 Å². The van der Waals surface area contributed by atoms with Crippen LogP contribution in [0.4, 0.5) is 11.4 Å². The first-order chi connectivity index (χ1) is 13.7. The average Bonchev–Trinajstić information content (AvgIpc) is 3.09. The van der Waals surface area contributed by atoms with Crippen LogP contribution in [-0.4, -0.2) is 43.0 Å². The fourth-order valence-corrected chi connectivity index (χ4v) is 4.23. The lowest BCUT2D eigenvalue weighted by molar-refractivity contribution is -0.125. The first-order valence-electron chi connectivity index (χ1n) is 8.74. The van der Waals surface area contributed by atoms with Crippen LogP contribution >= 0.6 is 38.9 Å². The largest absolute Gasteiger partial charge is 0.370 e. The molecule has 0 unspecified atom stereocenters. The van der Waals surface area contributed by atoms with Crippen LogP contribution in [0.5, 0.6) is 0 Å². The maximum absolute atomic E-state index is 12.7. The summed E-state index contributed by atoms with van der Waals surface area (Å²) in [4.78, 5) is 39.1. The van der Waals surface area contributed by atoms with Gasteiger partial charge in [0.2, 0.25) is 5.91 Å². The molecule has 0 saturated carbocycles. The number of amides is 3. The number of nitrogens with zero attached hydrogens (tertiary/aromatic N) is 1. The number of morpholine rings is 1. The highest BCUT2D eigenvalue weighted by atomic mass is 79.9. The van der Waals surface area contributed by atoms with Crippen molar-refractivity contribution < 1.29 is 19.1 Å². The van der Waals surface area contributed by atoms with Crippen LogP contribution in [0.2, 0.25) is 4.34 Å². The molecule has 1 fully saturated rings. The third-order valence-electron chi connectivity index (χ3n) is 4.27. The van der Waals surface area contributed by atoms with Gasteiger partial charge < -0.3 is 20.3 Å². The standard InChI is InChI=1S/C19H19BrClN3O4S/c1-19(2,23-17(26)14-5-6-15(21)29-14)18(27)22-11-3-4-13(12(20)9-11)24-7-8-28-10-16(24)25/h3-6,9H,7-8,10H2,1-2H3,(H,22,27)(H,23,26). The molecule has 0 spiro atoms. The Balaban J connectivity index is 1.68. The van der Waals surface area contributed by atoms with E-state index >= 15 is 0 Å². The first kappa shape index (κ1) is 21.8. The van der Waals surface area contributed by atoms with Gasteiger partial charge in [-0.3, -0.25) is 14.4 Å². The molecule has 1 aromatic heterocycles. The molecule has 1 aliphatic heterocycles. The second-order valence-electron chi connectivity index (χ2n) is 6.90. The van der Waals surface area contributed by atoms with Crippen LogP contribution in [0.25, 0.3) is 0 Å². The van der Waals surface area contributed by atoms with Crippen molar-refractivity contribution in [1.29, 1.82) is 0 Å². The fourth-order valence-electron chi connectivity index (χ4n) is 2.70. The molecule has 2 N–H and O–H groups in total. The van der Waals surface area contributed by atoms with Crippen molar-refractivity contribution in [3.8, 4) is 0 Å². The van der Waals surface area contributed by atoms with E-state index in [1.807, 2.05) is 0 Å². The van der Waals surface area contributed by atoms with Gasteiger partial charge in [0, 0.05) is 16.7 Å². The van der Waals surface area contributed by atoms with Crippen molar-refractivity contribution >= 4 is 68.0 Å². The number of nitrogens with one attached hydrogen (secondary N) is 2. The molecule has 2 aromatic rings. The van der Waals surface area contributed by atoms with Crippen LogP contribution in [0, 0.1) is 0 Å². The molecule has 2 heterocycles. The Morgan fingerprint density at radius 1 is 1.28 bits per heavy atom. The summed E-state index contributed by atoms with van der Waals surface area (Å²) in [5.41, 5.74) is 0.0880. The summed E-state index contributed by atoms with van der Waals surface area (Å²) in [6, 6.07) is 8.42. The number of halogens is 2. The second-order valence-corrected chi connectivity index (χ2v) is 9.47. The zero-order valence-electron chi connectivity index (χ0n) is 15.8. The Hall–Kier alpha value is -1.94. The van der Waals surface area contributed by atoms with Crippen molar-refractivity contribution in [1.82, 2.24) is 5.32 Å². The van der Waals surface area contributed by atoms with Gasteiger partial charge in [0.1, 0.15) is 12.1 Å². The molecular weight excluding hydrogens is 482 g/mol. The van der Waals surface area contributed by atoms with Gasteiger partial charge in [0.25, 0.3) is 11.8 Å². The minimum Gasteiger partial charge on any atom is -0.370 e. The van der Waals surface area contributed by atoms with Gasteiger partial charge in [-0.05, 0) is 60.1 Å². The van der Waals surface area contributed by atoms with Crippen LogP contribution < -0.4 is 15.5 Å². The van der Waals surface area contributed by atoms with E-state index in [9.17, 15) is 14.4 Å². The number of carbonyl (C=O) groups excluding carboxylic acids is 3. The Bertz CT molecular complexity index is 963. The number of rotatable bonds is 5. The molecular formula is C19H19BrClN3O4S. The third kappa shape index (κ3) is 5.16. The molecule has 3 amide bonds. The van der Waals surface area contributed by atoms with Gasteiger partial charge in [-0.25, -0.2) is 0 Å². The maximum atomic E-state index is 12.7. The average molecular weight is 501 g/mol. The highest BCUT2D eigenvalue weighted by Crippen LogP contribution is 2.30. The second kappa shape index (κ2) is 8.83. The normalized spacial score (nSPS) is 14.6. The number of hydrogen-bond acceptors (Lipinski definition) is 5. The summed E-state index contributed by atoms with van der Waals surface area (Å²) < 4.78 is 6.32. The van der Waals surface area contributed by atoms with E-state index in [2.05, 4.69) is 26.6 Å². The van der Waals surface area contributed by atoms with Crippen LogP contribution in [0.15, 0.2) is 34.8 Å². The summed E-state index contributed by atoms with van der Waals surface area (Å²) in [5.74, 6) is -0.869. The van der Waals surface area contributed by atoms with Gasteiger partial charge in [-0.1, -0.05) is 11.6 Å². The molecule has 1 saturated heterocycles. The van der Waals surface area contributed by atoms with E-state index in [4.69, 9.17) is 16.3 Å². The van der Waals surface area contributed by atoms with Crippen LogP contribution in [0.1, 0.15) is 23.5 Å². The number of thiophene rings is 1. The smallest absolute Gasteiger partial charge is 0.262 e. The molecule has 1 aromatic carbocycles. The molecule has 0 bridgehead atoms. The fraction of sp³-hybridized carbons (Fsp3) is 0.316. The summed E-state index contributed by atoms with van der Waals surface area (Å²) >= 11 is 10.5. The highest BCUT2D eigenvalue weighted by Gasteiger charge is 2.31. The van der Waals surface area contributed by atoms with Crippen molar-refractivity contribution in [2.45, 2.75) is 19.4 Å². The van der Waals surface area contributed by atoms with E-state index in [0.717, 1.165) is 11.3 Å². The number of hydrogen-bond donors (Lipinski definition) is 2. The molecule has 1 aliphatic rings. The van der Waals surface area contributed by atoms with Gasteiger partial charge in [0.15, 0.2) is 0 Å². The van der Waals surface area contributed by atoms with Gasteiger partial charge >= 0.3 is 0 Å². The SMILES string of the molecule is CC(C)(NC(=O)c1ccc(Cl)s1)C(=O)Nc1ccc(N2CCOCC2=O)c(Br)c1. The quantitative estimate of drug-likeness (QED) is 0.656. The van der Waals surface area contributed by atoms with E-state index in [0.29, 0.717) is 38.2 Å². The molecule has 0 radical (unpaired) electrons. The molecule has 29 heavy (non-hydrogen) atoms. The predicted molar refractivity (Wildman–Crippen MR) is 117 cm³/mol. The summed E-state index contributed by atoms with van der Waals surface area (Å²) in [7, 11) is 0. The third-order valence-corrected chi connectivity index (χ3v) is 6.14. The molecule has 154 valence electrons. The van der Waals surface area contributed by atoms with Crippen molar-refractivity contribution in [3.05, 3.63) is 44.0 Å². The number of benzene rings is 1. The summed E-state index contributed by atoms with van der Waals surface area (Å²) in [6.45, 7) is 4.22. The Morgan fingerprint density at radius 2 is 2.03 bits per heavy atom. The monoisotopic (exact) mass is 499 g/mol. The van der Waals surface area contributed by atoms with Crippen LogP contribution in [0.3, 0.4) is 0 Å². The van der Waals surface area contributed by atoms with E-state index < -0.39 is 5.54 Å². The summed E-state index contributed by atoms with van der Waals surface area (Å²) in [6.07, 6.45) is 0. The molecule has 3 rings (SSSR count). The zero-order chi connectivity index (χ0) is 21.2. The number of carbonyl (C=O) groups is 3. The van der Waals surface area contributed by atoms with Gasteiger partial charge in [-0.2, -0.15) is 0 Å². The highest BCUT2D eigenvalue weighted by molar-refractivity contribution is 9.10. The van der Waals surface area contributed by atoms with Crippen molar-refractivity contribution in [2.24, 2.45) is 0 Å². The minimum atomic E-state index is -1.15. The lowest BCUT2D eigenvalue weighted by Crippen LogP contribution is -2.52. The Morgan fingerprint density at radius 3 is 2.66 bits per heavy atom. The van der Waals surface area contributed by atoms with Gasteiger partial charge in [-0.15, -0.1) is 11.3 Å². The van der Waals surface area contributed by atoms with Gasteiger partial charge in [0.05, 0.1) is 21.5 Å². The van der Waals surface area contributed by atoms with Crippen molar-refractivity contribution in [2.75, 3.05) is 30.0 Å². The number of ether oxygens (including phenoxy) is 1. The lowest BCUT2D eigenvalue weighted by Gasteiger charge is -2.28. The van der Waals surface area contributed by atoms with E-state index in [1.54, 1.807) is 49.1 Å². The first-order valence-corrected chi connectivity index (χ1v) is 10.7. The maximum Gasteiger partial charge on any atom is 0.262 e. The van der Waals surface area contributed by atoms with Crippen molar-refractivity contribution in [3.63, 3.8) is 0 Å².